The highest BCUT2D eigenvalue weighted by molar-refractivity contribution is 7.90. The van der Waals surface area contributed by atoms with E-state index in [0.717, 1.165) is 24.7 Å². The summed E-state index contributed by atoms with van der Waals surface area (Å²) >= 11 is 0. The molecule has 0 heterocycles. The van der Waals surface area contributed by atoms with Crippen molar-refractivity contribution >= 4 is 15.7 Å². The van der Waals surface area contributed by atoms with Crippen LogP contribution in [0.3, 0.4) is 0 Å². The molecular weight excluding hydrogens is 288 g/mol. The zero-order valence-electron chi connectivity index (χ0n) is 12.2. The van der Waals surface area contributed by atoms with Crippen LogP contribution in [-0.2, 0) is 21.2 Å². The molecule has 0 aromatic heterocycles. The Hall–Kier alpha value is -1.40. The normalized spacial score (nSPS) is 16.5. The fourth-order valence-corrected chi connectivity index (χ4v) is 2.91. The van der Waals surface area contributed by atoms with Gasteiger partial charge in [-0.2, -0.15) is 0 Å². The van der Waals surface area contributed by atoms with Crippen molar-refractivity contribution in [1.29, 1.82) is 0 Å². The van der Waals surface area contributed by atoms with Gasteiger partial charge in [0.15, 0.2) is 0 Å². The molecule has 5 nitrogen and oxygen atoms in total. The zero-order chi connectivity index (χ0) is 15.5. The Morgan fingerprint density at radius 3 is 2.48 bits per heavy atom. The fourth-order valence-electron chi connectivity index (χ4n) is 2.23. The summed E-state index contributed by atoms with van der Waals surface area (Å²) in [6.45, 7) is 0.539. The topological polar surface area (TPSA) is 80.5 Å². The van der Waals surface area contributed by atoms with Crippen LogP contribution < -0.4 is 5.73 Å². The predicted octanol–water partition coefficient (Wildman–Crippen LogP) is 0.940. The largest absolute Gasteiger partial charge is 0.334 e. The maximum atomic E-state index is 12.5. The first kappa shape index (κ1) is 16.0. The number of benzene rings is 1. The zero-order valence-corrected chi connectivity index (χ0v) is 13.1. The highest BCUT2D eigenvalue weighted by Crippen LogP contribution is 2.29. The predicted molar refractivity (Wildman–Crippen MR) is 82.3 cm³/mol. The number of hydrogen-bond donors (Lipinski definition) is 1. The van der Waals surface area contributed by atoms with Gasteiger partial charge in [-0.25, -0.2) is 8.42 Å². The van der Waals surface area contributed by atoms with Crippen molar-refractivity contribution in [3.05, 3.63) is 35.9 Å². The van der Waals surface area contributed by atoms with Crippen LogP contribution in [-0.4, -0.2) is 43.3 Å². The van der Waals surface area contributed by atoms with E-state index in [2.05, 4.69) is 0 Å². The number of nitrogens with two attached hydrogens (primary N) is 1. The molecule has 1 fully saturated rings. The minimum atomic E-state index is -3.09. The van der Waals surface area contributed by atoms with Crippen molar-refractivity contribution in [2.45, 2.75) is 37.9 Å². The highest BCUT2D eigenvalue weighted by atomic mass is 32.2. The standard InChI is InChI=1S/C15H22N2O3S/c1-21(19,20)10-9-14(16)15(18)17(13-7-8-13)11-12-5-3-2-4-6-12/h2-6,13-14H,7-11,16H2,1H3. The molecule has 0 aliphatic heterocycles. The smallest absolute Gasteiger partial charge is 0.240 e. The fraction of sp³-hybridized carbons (Fsp3) is 0.533. The summed E-state index contributed by atoms with van der Waals surface area (Å²) in [5.41, 5.74) is 6.95. The molecule has 1 amide bonds. The maximum Gasteiger partial charge on any atom is 0.240 e. The molecule has 1 aliphatic carbocycles. The number of sulfone groups is 1. The van der Waals surface area contributed by atoms with Crippen molar-refractivity contribution in [1.82, 2.24) is 4.90 Å². The lowest BCUT2D eigenvalue weighted by Gasteiger charge is -2.25. The van der Waals surface area contributed by atoms with Gasteiger partial charge in [0.05, 0.1) is 11.8 Å². The number of carbonyl (C=O) groups excluding carboxylic acids is 1. The van der Waals surface area contributed by atoms with E-state index in [1.54, 1.807) is 4.90 Å². The van der Waals surface area contributed by atoms with Crippen molar-refractivity contribution in [2.75, 3.05) is 12.0 Å². The molecule has 1 unspecified atom stereocenters. The van der Waals surface area contributed by atoms with E-state index >= 15 is 0 Å². The van der Waals surface area contributed by atoms with Crippen molar-refractivity contribution in [3.8, 4) is 0 Å². The molecule has 6 heteroatoms. The molecule has 1 saturated carbocycles. The third-order valence-electron chi connectivity index (χ3n) is 3.58. The third-order valence-corrected chi connectivity index (χ3v) is 4.56. The van der Waals surface area contributed by atoms with E-state index in [9.17, 15) is 13.2 Å². The van der Waals surface area contributed by atoms with Crippen molar-refractivity contribution in [2.24, 2.45) is 5.73 Å². The molecule has 1 aromatic rings. The lowest BCUT2D eigenvalue weighted by atomic mass is 10.1. The molecule has 2 N–H and O–H groups in total. The van der Waals surface area contributed by atoms with Crippen molar-refractivity contribution < 1.29 is 13.2 Å². The molecule has 0 bridgehead atoms. The summed E-state index contributed by atoms with van der Waals surface area (Å²) in [7, 11) is -3.09. The molecule has 116 valence electrons. The van der Waals surface area contributed by atoms with Crippen LogP contribution in [0.1, 0.15) is 24.8 Å². The Morgan fingerprint density at radius 1 is 1.33 bits per heavy atom. The molecule has 1 aliphatic rings. The molecule has 1 atom stereocenters. The van der Waals surface area contributed by atoms with Crippen LogP contribution in [0.5, 0.6) is 0 Å². The van der Waals surface area contributed by atoms with Crippen molar-refractivity contribution in [3.63, 3.8) is 0 Å². The van der Waals surface area contributed by atoms with Crippen LogP contribution >= 0.6 is 0 Å². The first-order valence-corrected chi connectivity index (χ1v) is 9.20. The van der Waals surface area contributed by atoms with Gasteiger partial charge in [0, 0.05) is 18.8 Å². The van der Waals surface area contributed by atoms with Gasteiger partial charge >= 0.3 is 0 Å². The van der Waals surface area contributed by atoms with Crippen LogP contribution in [0.2, 0.25) is 0 Å². The monoisotopic (exact) mass is 310 g/mol. The van der Waals surface area contributed by atoms with Gasteiger partial charge in [-0.05, 0) is 24.8 Å². The summed E-state index contributed by atoms with van der Waals surface area (Å²) in [6.07, 6.45) is 3.33. The molecule has 21 heavy (non-hydrogen) atoms. The van der Waals surface area contributed by atoms with E-state index in [-0.39, 0.29) is 24.1 Å². The highest BCUT2D eigenvalue weighted by Gasteiger charge is 2.34. The number of nitrogens with zero attached hydrogens (tertiary/aromatic N) is 1. The summed E-state index contributed by atoms with van der Waals surface area (Å²) in [5.74, 6) is -0.200. The van der Waals surface area contributed by atoms with E-state index in [4.69, 9.17) is 5.73 Å². The summed E-state index contributed by atoms with van der Waals surface area (Å²) < 4.78 is 22.4. The number of carbonyl (C=O) groups is 1. The molecule has 2 rings (SSSR count). The summed E-state index contributed by atoms with van der Waals surface area (Å²) in [4.78, 5) is 14.2. The Balaban J connectivity index is 1.99. The van der Waals surface area contributed by atoms with Crippen LogP contribution in [0.4, 0.5) is 0 Å². The van der Waals surface area contributed by atoms with Gasteiger partial charge in [0.1, 0.15) is 9.84 Å². The van der Waals surface area contributed by atoms with E-state index in [1.165, 1.54) is 0 Å². The van der Waals surface area contributed by atoms with Gasteiger partial charge < -0.3 is 10.6 Å². The van der Waals surface area contributed by atoms with Gasteiger partial charge in [-0.3, -0.25) is 4.79 Å². The minimum absolute atomic E-state index is 0.0518. The van der Waals surface area contributed by atoms with E-state index in [1.807, 2.05) is 30.3 Å². The second-order valence-corrected chi connectivity index (χ2v) is 7.97. The quantitative estimate of drug-likeness (QED) is 0.813. The van der Waals surface area contributed by atoms with Crippen LogP contribution in [0.15, 0.2) is 30.3 Å². The van der Waals surface area contributed by atoms with Crippen LogP contribution in [0.25, 0.3) is 0 Å². The lowest BCUT2D eigenvalue weighted by molar-refractivity contribution is -0.133. The van der Waals surface area contributed by atoms with Gasteiger partial charge in [0.2, 0.25) is 5.91 Å². The van der Waals surface area contributed by atoms with Gasteiger partial charge in [-0.15, -0.1) is 0 Å². The number of amides is 1. The van der Waals surface area contributed by atoms with Gasteiger partial charge in [0.25, 0.3) is 0 Å². The first-order valence-electron chi connectivity index (χ1n) is 7.14. The van der Waals surface area contributed by atoms with E-state index in [0.29, 0.717) is 6.54 Å². The average Bonchev–Trinajstić information content (AvgIpc) is 3.26. The lowest BCUT2D eigenvalue weighted by Crippen LogP contribution is -2.45. The Morgan fingerprint density at radius 2 is 1.95 bits per heavy atom. The average molecular weight is 310 g/mol. The molecule has 0 radical (unpaired) electrons. The number of rotatable bonds is 7. The first-order chi connectivity index (χ1) is 9.87. The molecular formula is C15H22N2O3S. The molecule has 0 saturated heterocycles. The Labute approximate surface area is 126 Å². The van der Waals surface area contributed by atoms with E-state index < -0.39 is 15.9 Å². The summed E-state index contributed by atoms with van der Waals surface area (Å²) in [5, 5.41) is 0. The second-order valence-electron chi connectivity index (χ2n) is 5.71. The maximum absolute atomic E-state index is 12.5. The SMILES string of the molecule is CS(=O)(=O)CCC(N)C(=O)N(Cc1ccccc1)C1CC1. The van der Waals surface area contributed by atoms with Gasteiger partial charge in [-0.1, -0.05) is 30.3 Å². The number of hydrogen-bond acceptors (Lipinski definition) is 4. The third kappa shape index (κ3) is 5.13. The Bertz CT molecular complexity index is 582. The molecule has 0 spiro atoms. The Kier molecular flexibility index (Phi) is 5.00. The van der Waals surface area contributed by atoms with Crippen LogP contribution in [0, 0.1) is 0 Å². The summed E-state index contributed by atoms with van der Waals surface area (Å²) in [6, 6.07) is 9.27. The molecule has 1 aromatic carbocycles. The minimum Gasteiger partial charge on any atom is -0.334 e. The second kappa shape index (κ2) is 6.58.